The minimum Gasteiger partial charge on any atom is -0.422 e. The summed E-state index contributed by atoms with van der Waals surface area (Å²) < 4.78 is 5.56. The average Bonchev–Trinajstić information content (AvgIpc) is 3.34. The smallest absolute Gasteiger partial charge is 0.336 e. The third-order valence-corrected chi connectivity index (χ3v) is 7.07. The van der Waals surface area contributed by atoms with Gasteiger partial charge in [0.15, 0.2) is 0 Å². The Hall–Kier alpha value is -1.91. The Bertz CT molecular complexity index is 1040. The van der Waals surface area contributed by atoms with Crippen molar-refractivity contribution in [2.75, 3.05) is 6.54 Å². The molecule has 134 valence electrons. The third kappa shape index (κ3) is 2.63. The maximum Gasteiger partial charge on any atom is 0.336 e. The van der Waals surface area contributed by atoms with Crippen LogP contribution in [0.15, 0.2) is 38.9 Å². The second-order valence-electron chi connectivity index (χ2n) is 7.78. The second-order valence-corrected chi connectivity index (χ2v) is 8.78. The minimum absolute atomic E-state index is 0.239. The molecule has 0 saturated heterocycles. The lowest BCUT2D eigenvalue weighted by Gasteiger charge is -2.36. The lowest BCUT2D eigenvalue weighted by molar-refractivity contribution is 0.158. The fraction of sp³-hybridized carbons (Fsp3) is 0.409. The maximum absolute atomic E-state index is 12.2. The van der Waals surface area contributed by atoms with Crippen molar-refractivity contribution in [1.29, 1.82) is 0 Å². The lowest BCUT2D eigenvalue weighted by Crippen LogP contribution is -2.35. The predicted molar refractivity (Wildman–Crippen MR) is 106 cm³/mol. The molecule has 2 aliphatic rings. The van der Waals surface area contributed by atoms with E-state index in [0.29, 0.717) is 6.04 Å². The number of fused-ring (bicyclic) bond motifs is 2. The number of rotatable bonds is 3. The van der Waals surface area contributed by atoms with Crippen LogP contribution in [0, 0.1) is 19.8 Å². The predicted octanol–water partition coefficient (Wildman–Crippen LogP) is 4.98. The fourth-order valence-electron chi connectivity index (χ4n) is 4.41. The molecule has 1 atom stereocenters. The first-order chi connectivity index (χ1) is 12.6. The molecule has 1 aliphatic carbocycles. The zero-order chi connectivity index (χ0) is 17.8. The highest BCUT2D eigenvalue weighted by Gasteiger charge is 2.39. The van der Waals surface area contributed by atoms with Gasteiger partial charge >= 0.3 is 5.63 Å². The molecule has 5 rings (SSSR count). The van der Waals surface area contributed by atoms with Crippen LogP contribution >= 0.6 is 11.3 Å². The summed E-state index contributed by atoms with van der Waals surface area (Å²) in [6, 6.07) is 8.78. The van der Waals surface area contributed by atoms with Crippen LogP contribution in [0.1, 0.15) is 46.0 Å². The van der Waals surface area contributed by atoms with E-state index >= 15 is 0 Å². The van der Waals surface area contributed by atoms with Crippen molar-refractivity contribution >= 4 is 22.3 Å². The SMILES string of the molecule is Cc1ccc2c(CN3CCc4sccc4[C@@H]3C3CC3)cc(=O)oc2c1C. The van der Waals surface area contributed by atoms with E-state index in [1.165, 1.54) is 18.4 Å². The molecule has 3 nitrogen and oxygen atoms in total. The molecule has 1 fully saturated rings. The largest absolute Gasteiger partial charge is 0.422 e. The summed E-state index contributed by atoms with van der Waals surface area (Å²) in [4.78, 5) is 16.4. The number of hydrogen-bond donors (Lipinski definition) is 0. The topological polar surface area (TPSA) is 33.5 Å². The zero-order valence-corrected chi connectivity index (χ0v) is 16.1. The van der Waals surface area contributed by atoms with E-state index in [-0.39, 0.29) is 5.63 Å². The van der Waals surface area contributed by atoms with Gasteiger partial charge in [-0.05, 0) is 72.7 Å². The lowest BCUT2D eigenvalue weighted by atomic mass is 9.94. The molecule has 3 aromatic rings. The van der Waals surface area contributed by atoms with Gasteiger partial charge in [0.05, 0.1) is 0 Å². The van der Waals surface area contributed by atoms with E-state index in [0.717, 1.165) is 53.1 Å². The fourth-order valence-corrected chi connectivity index (χ4v) is 5.33. The Balaban J connectivity index is 1.57. The van der Waals surface area contributed by atoms with Gasteiger partial charge in [0, 0.05) is 35.5 Å². The van der Waals surface area contributed by atoms with Crippen LogP contribution in [0.2, 0.25) is 0 Å². The summed E-state index contributed by atoms with van der Waals surface area (Å²) in [5.41, 5.74) is 5.38. The molecule has 4 heteroatoms. The number of thiophene rings is 1. The first-order valence-corrected chi connectivity index (χ1v) is 10.3. The average molecular weight is 365 g/mol. The highest BCUT2D eigenvalue weighted by Crippen LogP contribution is 2.48. The van der Waals surface area contributed by atoms with Gasteiger partial charge in [0.1, 0.15) is 5.58 Å². The van der Waals surface area contributed by atoms with Crippen LogP contribution in [0.4, 0.5) is 0 Å². The summed E-state index contributed by atoms with van der Waals surface area (Å²) in [6.07, 6.45) is 3.77. The normalized spacial score (nSPS) is 20.5. The Kier molecular flexibility index (Phi) is 3.80. The standard InChI is InChI=1S/C22H23NO2S/c1-13-3-6-17-16(11-20(24)25-22(17)14(13)2)12-23-9-7-19-18(8-10-26-19)21(23)15-4-5-15/h3,6,8,10-11,15,21H,4-5,7,9,12H2,1-2H3/t21-/m0/s1. The van der Waals surface area contributed by atoms with Crippen LogP contribution in [0.3, 0.4) is 0 Å². The Labute approximate surface area is 157 Å². The summed E-state index contributed by atoms with van der Waals surface area (Å²) in [5.74, 6) is 0.777. The summed E-state index contributed by atoms with van der Waals surface area (Å²) in [6.45, 7) is 5.99. The molecule has 1 aliphatic heterocycles. The van der Waals surface area contributed by atoms with Gasteiger partial charge in [-0.15, -0.1) is 11.3 Å². The molecule has 1 aromatic carbocycles. The van der Waals surface area contributed by atoms with E-state index in [2.05, 4.69) is 35.4 Å². The van der Waals surface area contributed by atoms with E-state index in [1.54, 1.807) is 10.9 Å². The van der Waals surface area contributed by atoms with Gasteiger partial charge in [-0.3, -0.25) is 4.90 Å². The van der Waals surface area contributed by atoms with Gasteiger partial charge in [-0.25, -0.2) is 4.79 Å². The van der Waals surface area contributed by atoms with Crippen molar-refractivity contribution in [2.24, 2.45) is 5.92 Å². The minimum atomic E-state index is -0.239. The van der Waals surface area contributed by atoms with Crippen LogP contribution in [-0.4, -0.2) is 11.4 Å². The Morgan fingerprint density at radius 3 is 2.88 bits per heavy atom. The molecule has 3 heterocycles. The van der Waals surface area contributed by atoms with Crippen molar-refractivity contribution in [2.45, 2.75) is 45.7 Å². The molecule has 0 radical (unpaired) electrons. The maximum atomic E-state index is 12.2. The summed E-state index contributed by atoms with van der Waals surface area (Å²) in [5, 5.41) is 3.32. The monoisotopic (exact) mass is 365 g/mol. The van der Waals surface area contributed by atoms with Crippen molar-refractivity contribution in [1.82, 2.24) is 4.90 Å². The van der Waals surface area contributed by atoms with Gasteiger partial charge in [0.25, 0.3) is 0 Å². The van der Waals surface area contributed by atoms with E-state index in [1.807, 2.05) is 18.3 Å². The second kappa shape index (κ2) is 6.07. The molecule has 2 aromatic heterocycles. The van der Waals surface area contributed by atoms with Crippen molar-refractivity contribution in [3.8, 4) is 0 Å². The van der Waals surface area contributed by atoms with E-state index in [9.17, 15) is 4.79 Å². The van der Waals surface area contributed by atoms with Crippen molar-refractivity contribution < 1.29 is 4.42 Å². The molecule has 0 bridgehead atoms. The molecule has 26 heavy (non-hydrogen) atoms. The van der Waals surface area contributed by atoms with Gasteiger partial charge in [-0.2, -0.15) is 0 Å². The number of benzene rings is 1. The Morgan fingerprint density at radius 1 is 1.23 bits per heavy atom. The number of hydrogen-bond acceptors (Lipinski definition) is 4. The summed E-state index contributed by atoms with van der Waals surface area (Å²) in [7, 11) is 0. The van der Waals surface area contributed by atoms with Crippen molar-refractivity contribution in [3.05, 3.63) is 67.2 Å². The molecule has 0 amide bonds. The van der Waals surface area contributed by atoms with E-state index in [4.69, 9.17) is 4.42 Å². The quantitative estimate of drug-likeness (QED) is 0.614. The van der Waals surface area contributed by atoms with Crippen LogP contribution in [0.5, 0.6) is 0 Å². The highest BCUT2D eigenvalue weighted by atomic mass is 32.1. The Morgan fingerprint density at radius 2 is 2.08 bits per heavy atom. The third-order valence-electron chi connectivity index (χ3n) is 6.08. The molecular weight excluding hydrogens is 342 g/mol. The molecule has 0 unspecified atom stereocenters. The van der Waals surface area contributed by atoms with Crippen molar-refractivity contribution in [3.63, 3.8) is 0 Å². The molecule has 1 saturated carbocycles. The highest BCUT2D eigenvalue weighted by molar-refractivity contribution is 7.10. The first-order valence-electron chi connectivity index (χ1n) is 9.45. The molecule has 0 N–H and O–H groups in total. The number of aryl methyl sites for hydroxylation is 2. The van der Waals surface area contributed by atoms with Crippen LogP contribution in [0.25, 0.3) is 11.0 Å². The van der Waals surface area contributed by atoms with Crippen LogP contribution in [-0.2, 0) is 13.0 Å². The van der Waals surface area contributed by atoms with Gasteiger partial charge in [0.2, 0.25) is 0 Å². The van der Waals surface area contributed by atoms with Gasteiger partial charge in [-0.1, -0.05) is 12.1 Å². The molecular formula is C22H23NO2S. The number of nitrogens with zero attached hydrogens (tertiary/aromatic N) is 1. The zero-order valence-electron chi connectivity index (χ0n) is 15.2. The van der Waals surface area contributed by atoms with E-state index < -0.39 is 0 Å². The van der Waals surface area contributed by atoms with Gasteiger partial charge < -0.3 is 4.42 Å². The molecule has 0 spiro atoms. The van der Waals surface area contributed by atoms with Crippen LogP contribution < -0.4 is 5.63 Å². The summed E-state index contributed by atoms with van der Waals surface area (Å²) >= 11 is 1.90. The first kappa shape index (κ1) is 16.3.